The first-order chi connectivity index (χ1) is 7.38. The molecule has 86 valence electrons. The third kappa shape index (κ3) is 1.95. The van der Waals surface area contributed by atoms with E-state index in [0.29, 0.717) is 0 Å². The van der Waals surface area contributed by atoms with Crippen LogP contribution in [0, 0.1) is 11.3 Å². The molecular weight excluding hydrogens is 182 g/mol. The van der Waals surface area contributed by atoms with E-state index in [9.17, 15) is 0 Å². The lowest BCUT2D eigenvalue weighted by molar-refractivity contribution is 0.0506. The van der Waals surface area contributed by atoms with Crippen LogP contribution in [-0.2, 0) is 0 Å². The summed E-state index contributed by atoms with van der Waals surface area (Å²) >= 11 is 0. The Morgan fingerprint density at radius 3 is 2.60 bits per heavy atom. The van der Waals surface area contributed by atoms with Crippen LogP contribution >= 0.6 is 0 Å². The Morgan fingerprint density at radius 2 is 1.73 bits per heavy atom. The Hall–Kier alpha value is -0.0400. The molecule has 2 aliphatic carbocycles. The molecule has 0 aromatic rings. The normalized spacial score (nSPS) is 40.0. The Balaban J connectivity index is 1.68. The van der Waals surface area contributed by atoms with E-state index in [2.05, 4.69) is 5.32 Å². The number of hydrogen-bond donors (Lipinski definition) is 1. The molecule has 2 unspecified atom stereocenters. The molecule has 0 aromatic heterocycles. The van der Waals surface area contributed by atoms with Gasteiger partial charge < -0.3 is 5.32 Å². The molecule has 3 fully saturated rings. The van der Waals surface area contributed by atoms with Gasteiger partial charge in [-0.1, -0.05) is 19.3 Å². The van der Waals surface area contributed by atoms with Gasteiger partial charge >= 0.3 is 0 Å². The molecule has 1 N–H and O–H groups in total. The molecule has 0 bridgehead atoms. The molecule has 1 saturated heterocycles. The van der Waals surface area contributed by atoms with Gasteiger partial charge in [0.2, 0.25) is 0 Å². The highest BCUT2D eigenvalue weighted by Crippen LogP contribution is 2.50. The molecule has 1 spiro atoms. The minimum Gasteiger partial charge on any atom is -0.314 e. The predicted octanol–water partition coefficient (Wildman–Crippen LogP) is 3.49. The van der Waals surface area contributed by atoms with Crippen molar-refractivity contribution in [1.29, 1.82) is 0 Å². The van der Waals surface area contributed by atoms with Crippen molar-refractivity contribution in [3.63, 3.8) is 0 Å². The summed E-state index contributed by atoms with van der Waals surface area (Å²) in [6.45, 7) is 1.29. The van der Waals surface area contributed by atoms with Gasteiger partial charge in [-0.2, -0.15) is 0 Å². The van der Waals surface area contributed by atoms with E-state index in [1.807, 2.05) is 0 Å². The van der Waals surface area contributed by atoms with Crippen molar-refractivity contribution in [3.05, 3.63) is 0 Å². The molecule has 0 radical (unpaired) electrons. The zero-order valence-electron chi connectivity index (χ0n) is 9.93. The average Bonchev–Trinajstić information content (AvgIpc) is 2.30. The molecule has 2 saturated carbocycles. The second kappa shape index (κ2) is 4.08. The van der Waals surface area contributed by atoms with E-state index in [4.69, 9.17) is 0 Å². The van der Waals surface area contributed by atoms with E-state index in [0.717, 1.165) is 17.4 Å². The maximum atomic E-state index is 3.74. The van der Waals surface area contributed by atoms with Crippen molar-refractivity contribution in [2.45, 2.75) is 70.3 Å². The largest absolute Gasteiger partial charge is 0.314 e. The first-order valence-electron chi connectivity index (χ1n) is 7.11. The van der Waals surface area contributed by atoms with E-state index in [1.165, 1.54) is 51.5 Å². The van der Waals surface area contributed by atoms with Gasteiger partial charge in [-0.15, -0.1) is 0 Å². The van der Waals surface area contributed by atoms with Crippen LogP contribution in [0.3, 0.4) is 0 Å². The minimum absolute atomic E-state index is 0.804. The number of hydrogen-bond acceptors (Lipinski definition) is 1. The van der Waals surface area contributed by atoms with Crippen LogP contribution in [0.4, 0.5) is 0 Å². The number of fused-ring (bicyclic) bond motifs is 1. The van der Waals surface area contributed by atoms with E-state index < -0.39 is 0 Å². The highest BCUT2D eigenvalue weighted by Gasteiger charge is 2.41. The fourth-order valence-electron chi connectivity index (χ4n) is 4.48. The van der Waals surface area contributed by atoms with Gasteiger partial charge in [0.25, 0.3) is 0 Å². The maximum absolute atomic E-state index is 3.74. The molecule has 0 aromatic carbocycles. The van der Waals surface area contributed by atoms with Crippen LogP contribution in [-0.4, -0.2) is 12.6 Å². The predicted molar refractivity (Wildman–Crippen MR) is 63.9 cm³/mol. The summed E-state index contributed by atoms with van der Waals surface area (Å²) in [4.78, 5) is 0. The van der Waals surface area contributed by atoms with Crippen LogP contribution < -0.4 is 5.32 Å². The van der Waals surface area contributed by atoms with Gasteiger partial charge in [-0.05, 0) is 62.8 Å². The molecule has 1 heteroatoms. The highest BCUT2D eigenvalue weighted by molar-refractivity contribution is 4.95. The van der Waals surface area contributed by atoms with Crippen LogP contribution in [0.25, 0.3) is 0 Å². The monoisotopic (exact) mass is 207 g/mol. The molecule has 1 heterocycles. The fourth-order valence-corrected chi connectivity index (χ4v) is 4.48. The topological polar surface area (TPSA) is 12.0 Å². The summed E-state index contributed by atoms with van der Waals surface area (Å²) in [6.07, 6.45) is 15.2. The molecule has 3 aliphatic rings. The number of nitrogens with one attached hydrogen (secondary N) is 1. The van der Waals surface area contributed by atoms with Gasteiger partial charge in [-0.25, -0.2) is 0 Å². The Morgan fingerprint density at radius 1 is 0.867 bits per heavy atom. The van der Waals surface area contributed by atoms with Crippen LogP contribution in [0.2, 0.25) is 0 Å². The summed E-state index contributed by atoms with van der Waals surface area (Å²) in [5.41, 5.74) is 0.804. The number of rotatable bonds is 0. The zero-order chi connectivity index (χ0) is 10.1. The molecule has 1 aliphatic heterocycles. The van der Waals surface area contributed by atoms with Gasteiger partial charge in [0.1, 0.15) is 0 Å². The Labute approximate surface area is 94.0 Å². The highest BCUT2D eigenvalue weighted by atomic mass is 14.9. The van der Waals surface area contributed by atoms with Gasteiger partial charge in [0, 0.05) is 6.04 Å². The summed E-state index contributed by atoms with van der Waals surface area (Å²) in [5, 5.41) is 3.74. The minimum atomic E-state index is 0.804. The van der Waals surface area contributed by atoms with Crippen molar-refractivity contribution in [2.75, 3.05) is 6.54 Å². The summed E-state index contributed by atoms with van der Waals surface area (Å²) in [7, 11) is 0. The lowest BCUT2D eigenvalue weighted by Gasteiger charge is -2.49. The summed E-state index contributed by atoms with van der Waals surface area (Å²) in [5.74, 6) is 1.03. The van der Waals surface area contributed by atoms with Crippen molar-refractivity contribution >= 4 is 0 Å². The van der Waals surface area contributed by atoms with E-state index in [1.54, 1.807) is 19.3 Å². The van der Waals surface area contributed by atoms with Gasteiger partial charge in [-0.3, -0.25) is 0 Å². The van der Waals surface area contributed by atoms with Gasteiger partial charge in [0.05, 0.1) is 0 Å². The van der Waals surface area contributed by atoms with Crippen molar-refractivity contribution in [3.8, 4) is 0 Å². The zero-order valence-corrected chi connectivity index (χ0v) is 9.93. The van der Waals surface area contributed by atoms with Crippen molar-refractivity contribution in [1.82, 2.24) is 5.32 Å². The summed E-state index contributed by atoms with van der Waals surface area (Å²) in [6, 6.07) is 0.895. The average molecular weight is 207 g/mol. The molecule has 15 heavy (non-hydrogen) atoms. The quantitative estimate of drug-likeness (QED) is 0.641. The molecule has 2 atom stereocenters. The Kier molecular flexibility index (Phi) is 2.76. The van der Waals surface area contributed by atoms with E-state index in [-0.39, 0.29) is 0 Å². The first-order valence-corrected chi connectivity index (χ1v) is 7.11. The molecule has 0 amide bonds. The lowest BCUT2D eigenvalue weighted by atomic mass is 9.60. The second-order valence-corrected chi connectivity index (χ2v) is 6.27. The molecule has 1 nitrogen and oxygen atoms in total. The standard InChI is InChI=1S/C14H25N/c1-2-7-14(8-3-1)9-6-13-12(11-14)5-4-10-15-13/h12-13,15H,1-11H2. The molecule has 3 rings (SSSR count). The van der Waals surface area contributed by atoms with Crippen LogP contribution in [0.1, 0.15) is 64.2 Å². The summed E-state index contributed by atoms with van der Waals surface area (Å²) < 4.78 is 0. The SMILES string of the molecule is C1CCC2(CC1)CCC1NCCCC1C2. The van der Waals surface area contributed by atoms with Gasteiger partial charge in [0.15, 0.2) is 0 Å². The lowest BCUT2D eigenvalue weighted by Crippen LogP contribution is -2.48. The molecular formula is C14H25N. The van der Waals surface area contributed by atoms with E-state index >= 15 is 0 Å². The van der Waals surface area contributed by atoms with Crippen molar-refractivity contribution < 1.29 is 0 Å². The second-order valence-electron chi connectivity index (χ2n) is 6.27. The maximum Gasteiger partial charge on any atom is 0.00957 e. The third-order valence-electron chi connectivity index (χ3n) is 5.32. The Bertz CT molecular complexity index is 217. The van der Waals surface area contributed by atoms with Crippen molar-refractivity contribution in [2.24, 2.45) is 11.3 Å². The third-order valence-corrected chi connectivity index (χ3v) is 5.32. The fraction of sp³-hybridized carbons (Fsp3) is 1.00. The van der Waals surface area contributed by atoms with Crippen LogP contribution in [0.15, 0.2) is 0 Å². The first kappa shape index (κ1) is 10.1. The van der Waals surface area contributed by atoms with Crippen LogP contribution in [0.5, 0.6) is 0 Å². The smallest absolute Gasteiger partial charge is 0.00957 e. The number of piperidine rings is 1.